The second-order valence-corrected chi connectivity index (χ2v) is 3.53. The average Bonchev–Trinajstić information content (AvgIpc) is 2.28. The molecule has 3 N–H and O–H groups in total. The van der Waals surface area contributed by atoms with Crippen LogP contribution < -0.4 is 10.6 Å². The number of aromatic carboxylic acids is 1. The molecule has 5 nitrogen and oxygen atoms in total. The maximum absolute atomic E-state index is 11.9. The number of benzene rings is 1. The Hall–Kier alpha value is -2.18. The number of para-hydroxylation sites is 1. The van der Waals surface area contributed by atoms with Crippen molar-refractivity contribution in [1.82, 2.24) is 5.32 Å². The first-order valence-electron chi connectivity index (χ1n) is 5.07. The summed E-state index contributed by atoms with van der Waals surface area (Å²) in [5, 5.41) is 13.1. The minimum atomic E-state index is -2.66. The molecule has 18 heavy (non-hydrogen) atoms. The molecule has 7 heteroatoms. The molecule has 0 aliphatic rings. The van der Waals surface area contributed by atoms with E-state index in [9.17, 15) is 18.4 Å². The first kappa shape index (κ1) is 13.9. The van der Waals surface area contributed by atoms with Crippen LogP contribution in [0.3, 0.4) is 0 Å². The molecule has 0 saturated heterocycles. The van der Waals surface area contributed by atoms with Gasteiger partial charge in [0.1, 0.15) is 0 Å². The van der Waals surface area contributed by atoms with Crippen LogP contribution in [0.5, 0.6) is 0 Å². The largest absolute Gasteiger partial charge is 0.478 e. The maximum atomic E-state index is 11.9. The van der Waals surface area contributed by atoms with Crippen molar-refractivity contribution < 1.29 is 23.5 Å². The minimum absolute atomic E-state index is 0.0942. The van der Waals surface area contributed by atoms with E-state index in [0.29, 0.717) is 5.56 Å². The molecule has 0 spiro atoms. The summed E-state index contributed by atoms with van der Waals surface area (Å²) < 4.78 is 23.8. The van der Waals surface area contributed by atoms with E-state index in [2.05, 4.69) is 5.32 Å². The molecule has 0 bridgehead atoms. The van der Waals surface area contributed by atoms with Crippen molar-refractivity contribution in [3.63, 3.8) is 0 Å². The number of carboxylic acid groups (broad SMARTS) is 1. The van der Waals surface area contributed by atoms with Crippen molar-refractivity contribution in [3.8, 4) is 0 Å². The molecule has 0 aliphatic heterocycles. The summed E-state index contributed by atoms with van der Waals surface area (Å²) in [6.45, 7) is 0.815. The number of carbonyl (C=O) groups is 2. The van der Waals surface area contributed by atoms with Crippen LogP contribution in [0, 0.1) is 6.92 Å². The lowest BCUT2D eigenvalue weighted by molar-refractivity contribution is 0.0698. The summed E-state index contributed by atoms with van der Waals surface area (Å²) in [7, 11) is 0. The summed E-state index contributed by atoms with van der Waals surface area (Å²) in [5.74, 6) is -1.21. The summed E-state index contributed by atoms with van der Waals surface area (Å²) in [6.07, 6.45) is -2.66. The lowest BCUT2D eigenvalue weighted by atomic mass is 10.1. The number of alkyl halides is 2. The Morgan fingerprint density at radius 3 is 2.61 bits per heavy atom. The quantitative estimate of drug-likeness (QED) is 0.773. The van der Waals surface area contributed by atoms with Gasteiger partial charge in [0.2, 0.25) is 0 Å². The Bertz CT molecular complexity index is 464. The van der Waals surface area contributed by atoms with E-state index >= 15 is 0 Å². The number of carboxylic acids is 1. The highest BCUT2D eigenvalue weighted by Crippen LogP contribution is 2.20. The molecule has 1 rings (SSSR count). The standard InChI is InChI=1S/C11H12F2N2O3/c1-6-3-2-4-7(10(16)17)9(6)15-11(18)14-5-8(12)13/h2-4,8H,5H2,1H3,(H,16,17)(H2,14,15,18). The third-order valence-corrected chi connectivity index (χ3v) is 2.16. The van der Waals surface area contributed by atoms with Crippen LogP contribution >= 0.6 is 0 Å². The third-order valence-electron chi connectivity index (χ3n) is 2.16. The summed E-state index contributed by atoms with van der Waals surface area (Å²) in [4.78, 5) is 22.2. The monoisotopic (exact) mass is 258 g/mol. The van der Waals surface area contributed by atoms with Crippen molar-refractivity contribution in [2.45, 2.75) is 13.3 Å². The number of nitrogens with one attached hydrogen (secondary N) is 2. The normalized spacial score (nSPS) is 10.2. The second kappa shape index (κ2) is 5.95. The van der Waals surface area contributed by atoms with Gasteiger partial charge in [-0.05, 0) is 18.6 Å². The average molecular weight is 258 g/mol. The number of rotatable bonds is 4. The van der Waals surface area contributed by atoms with Crippen LogP contribution in [-0.4, -0.2) is 30.1 Å². The highest BCUT2D eigenvalue weighted by Gasteiger charge is 2.14. The topological polar surface area (TPSA) is 78.4 Å². The van der Waals surface area contributed by atoms with Gasteiger partial charge in [-0.3, -0.25) is 0 Å². The molecule has 0 atom stereocenters. The van der Waals surface area contributed by atoms with E-state index in [1.165, 1.54) is 12.1 Å². The molecule has 2 amide bonds. The molecule has 0 aliphatic carbocycles. The molecule has 1 aromatic carbocycles. The lowest BCUT2D eigenvalue weighted by Crippen LogP contribution is -2.33. The molecule has 98 valence electrons. The predicted octanol–water partition coefficient (Wildman–Crippen LogP) is 2.08. The van der Waals surface area contributed by atoms with E-state index in [1.54, 1.807) is 13.0 Å². The fourth-order valence-electron chi connectivity index (χ4n) is 1.34. The van der Waals surface area contributed by atoms with Gasteiger partial charge in [-0.15, -0.1) is 0 Å². The third kappa shape index (κ3) is 3.69. The van der Waals surface area contributed by atoms with Crippen molar-refractivity contribution in [2.75, 3.05) is 11.9 Å². The zero-order valence-corrected chi connectivity index (χ0v) is 9.54. The van der Waals surface area contributed by atoms with Gasteiger partial charge in [0.05, 0.1) is 17.8 Å². The number of urea groups is 1. The fourth-order valence-corrected chi connectivity index (χ4v) is 1.34. The molecular formula is C11H12F2N2O3. The number of halogens is 2. The van der Waals surface area contributed by atoms with Crippen molar-refractivity contribution in [1.29, 1.82) is 0 Å². The molecule has 0 heterocycles. The first-order valence-corrected chi connectivity index (χ1v) is 5.07. The number of hydrogen-bond acceptors (Lipinski definition) is 2. The highest BCUT2D eigenvalue weighted by molar-refractivity contribution is 6.00. The van der Waals surface area contributed by atoms with Gasteiger partial charge in [0.25, 0.3) is 6.43 Å². The van der Waals surface area contributed by atoms with E-state index in [-0.39, 0.29) is 11.3 Å². The van der Waals surface area contributed by atoms with Gasteiger partial charge in [0.15, 0.2) is 0 Å². The van der Waals surface area contributed by atoms with Crippen LogP contribution in [-0.2, 0) is 0 Å². The van der Waals surface area contributed by atoms with E-state index in [4.69, 9.17) is 5.11 Å². The highest BCUT2D eigenvalue weighted by atomic mass is 19.3. The number of amides is 2. The zero-order valence-electron chi connectivity index (χ0n) is 9.54. The van der Waals surface area contributed by atoms with Gasteiger partial charge in [0, 0.05) is 0 Å². The number of carbonyl (C=O) groups excluding carboxylic acids is 1. The SMILES string of the molecule is Cc1cccc(C(=O)O)c1NC(=O)NCC(F)F. The number of anilines is 1. The first-order chi connectivity index (χ1) is 8.41. The Labute approximate surface area is 102 Å². The summed E-state index contributed by atoms with van der Waals surface area (Å²) >= 11 is 0. The van der Waals surface area contributed by atoms with Crippen LogP contribution in [0.4, 0.5) is 19.3 Å². The summed E-state index contributed by atoms with van der Waals surface area (Å²) in [6, 6.07) is 3.58. The molecule has 0 aromatic heterocycles. The van der Waals surface area contributed by atoms with E-state index in [0.717, 1.165) is 0 Å². The minimum Gasteiger partial charge on any atom is -0.478 e. The van der Waals surface area contributed by atoms with Gasteiger partial charge in [-0.1, -0.05) is 12.1 Å². The number of aryl methyl sites for hydroxylation is 1. The molecule has 0 fully saturated rings. The molecule has 0 radical (unpaired) electrons. The van der Waals surface area contributed by atoms with Crippen LogP contribution in [0.1, 0.15) is 15.9 Å². The van der Waals surface area contributed by atoms with Crippen molar-refractivity contribution in [2.24, 2.45) is 0 Å². The Kier molecular flexibility index (Phi) is 4.59. The van der Waals surface area contributed by atoms with Gasteiger partial charge < -0.3 is 15.7 Å². The van der Waals surface area contributed by atoms with Crippen LogP contribution in [0.25, 0.3) is 0 Å². The van der Waals surface area contributed by atoms with E-state index in [1.807, 2.05) is 5.32 Å². The molecular weight excluding hydrogens is 246 g/mol. The van der Waals surface area contributed by atoms with Crippen molar-refractivity contribution in [3.05, 3.63) is 29.3 Å². The Balaban J connectivity index is 2.83. The Morgan fingerprint density at radius 2 is 2.06 bits per heavy atom. The van der Waals surface area contributed by atoms with Crippen LogP contribution in [0.15, 0.2) is 18.2 Å². The van der Waals surface area contributed by atoms with Crippen molar-refractivity contribution >= 4 is 17.7 Å². The molecule has 0 unspecified atom stereocenters. The van der Waals surface area contributed by atoms with Gasteiger partial charge in [-0.2, -0.15) is 0 Å². The second-order valence-electron chi connectivity index (χ2n) is 3.53. The molecule has 0 saturated carbocycles. The van der Waals surface area contributed by atoms with Gasteiger partial charge >= 0.3 is 12.0 Å². The predicted molar refractivity (Wildman–Crippen MR) is 61.2 cm³/mol. The van der Waals surface area contributed by atoms with Gasteiger partial charge in [-0.25, -0.2) is 18.4 Å². The summed E-state index contributed by atoms with van der Waals surface area (Å²) in [5.41, 5.74) is 0.529. The fraction of sp³-hybridized carbons (Fsp3) is 0.273. The smallest absolute Gasteiger partial charge is 0.337 e. The van der Waals surface area contributed by atoms with E-state index < -0.39 is 25.0 Å². The molecule has 1 aromatic rings. The Morgan fingerprint density at radius 1 is 1.39 bits per heavy atom. The number of hydrogen-bond donors (Lipinski definition) is 3. The zero-order chi connectivity index (χ0) is 13.7. The lowest BCUT2D eigenvalue weighted by Gasteiger charge is -2.12. The van der Waals surface area contributed by atoms with Crippen LogP contribution in [0.2, 0.25) is 0 Å². The maximum Gasteiger partial charge on any atom is 0.337 e.